The largest absolute Gasteiger partial charge is 0.315 e. The molecule has 152 valence electrons. The van der Waals surface area contributed by atoms with Crippen molar-refractivity contribution in [2.24, 2.45) is 4.99 Å². The summed E-state index contributed by atoms with van der Waals surface area (Å²) < 4.78 is 24.4. The van der Waals surface area contributed by atoms with E-state index in [1.807, 2.05) is 55.1 Å². The molecule has 0 aliphatic carbocycles. The Morgan fingerprint density at radius 3 is 2.76 bits per heavy atom. The first-order valence-electron chi connectivity index (χ1n) is 9.31. The summed E-state index contributed by atoms with van der Waals surface area (Å²) in [5.74, 6) is -0.0868. The number of halogens is 1. The lowest BCUT2D eigenvalue weighted by Crippen LogP contribution is -2.38. The zero-order valence-electron chi connectivity index (χ0n) is 16.1. The first kappa shape index (κ1) is 20.4. The van der Waals surface area contributed by atoms with Crippen molar-refractivity contribution in [3.8, 4) is 0 Å². The number of benzene rings is 2. The average molecular weight is 449 g/mol. The van der Waals surface area contributed by atoms with Crippen molar-refractivity contribution in [3.63, 3.8) is 0 Å². The summed E-state index contributed by atoms with van der Waals surface area (Å²) in [6, 6.07) is 13.0. The molecule has 0 saturated carbocycles. The maximum Gasteiger partial charge on any atom is 0.252 e. The number of amides is 1. The number of fused-ring (bicyclic) bond motifs is 1. The zero-order valence-corrected chi connectivity index (χ0v) is 18.5. The van der Waals surface area contributed by atoms with Gasteiger partial charge in [-0.2, -0.15) is 4.99 Å². The molecule has 5 nitrogen and oxygen atoms in total. The lowest BCUT2D eigenvalue weighted by atomic mass is 10.1. The van der Waals surface area contributed by atoms with Crippen LogP contribution >= 0.6 is 23.4 Å². The summed E-state index contributed by atoms with van der Waals surface area (Å²) in [5, 5.41) is 0.979. The first-order valence-corrected chi connectivity index (χ1v) is 12.4. The second-order valence-electron chi connectivity index (χ2n) is 7.56. The van der Waals surface area contributed by atoms with Crippen molar-refractivity contribution in [2.75, 3.05) is 16.4 Å². The second-order valence-corrected chi connectivity index (χ2v) is 11.4. The number of hydrogen-bond acceptors (Lipinski definition) is 4. The predicted molar refractivity (Wildman–Crippen MR) is 120 cm³/mol. The van der Waals surface area contributed by atoms with Gasteiger partial charge in [0.2, 0.25) is 0 Å². The molecule has 0 radical (unpaired) electrons. The summed E-state index contributed by atoms with van der Waals surface area (Å²) in [6.45, 7) is 3.93. The lowest BCUT2D eigenvalue weighted by molar-refractivity contribution is -0.117. The fourth-order valence-corrected chi connectivity index (χ4v) is 7.92. The molecule has 2 fully saturated rings. The Balaban J connectivity index is 1.68. The zero-order chi connectivity index (χ0) is 20.8. The summed E-state index contributed by atoms with van der Waals surface area (Å²) >= 11 is 7.59. The summed E-state index contributed by atoms with van der Waals surface area (Å²) in [6.07, 6.45) is 0.210. The first-order chi connectivity index (χ1) is 13.7. The van der Waals surface area contributed by atoms with Crippen molar-refractivity contribution in [1.82, 2.24) is 0 Å². The fraction of sp³-hybridized carbons (Fsp3) is 0.333. The second kappa shape index (κ2) is 7.78. The van der Waals surface area contributed by atoms with E-state index in [1.54, 1.807) is 6.07 Å². The molecule has 0 N–H and O–H groups in total. The van der Waals surface area contributed by atoms with Gasteiger partial charge in [0.15, 0.2) is 15.0 Å². The van der Waals surface area contributed by atoms with Crippen LogP contribution in [0.4, 0.5) is 5.69 Å². The SMILES string of the molecule is Cc1cccc(CC(=O)N=C2SC3CS(=O)(=O)CC3N2c2cc(Cl)ccc2C)c1. The van der Waals surface area contributed by atoms with E-state index in [0.29, 0.717) is 10.2 Å². The summed E-state index contributed by atoms with van der Waals surface area (Å²) in [4.78, 5) is 19.0. The molecule has 8 heteroatoms. The average Bonchev–Trinajstić information content (AvgIpc) is 3.08. The molecule has 2 unspecified atom stereocenters. The lowest BCUT2D eigenvalue weighted by Gasteiger charge is -2.26. The molecule has 2 heterocycles. The summed E-state index contributed by atoms with van der Waals surface area (Å²) in [7, 11) is -3.11. The number of amidine groups is 1. The van der Waals surface area contributed by atoms with Crippen LogP contribution in [0.25, 0.3) is 0 Å². The van der Waals surface area contributed by atoms with Gasteiger partial charge in [-0.25, -0.2) is 8.42 Å². The Morgan fingerprint density at radius 2 is 2.00 bits per heavy atom. The van der Waals surface area contributed by atoms with Crippen molar-refractivity contribution in [1.29, 1.82) is 0 Å². The summed E-state index contributed by atoms with van der Waals surface area (Å²) in [5.41, 5.74) is 3.76. The van der Waals surface area contributed by atoms with E-state index in [1.165, 1.54) is 11.8 Å². The number of carbonyl (C=O) groups excluding carboxylic acids is 1. The van der Waals surface area contributed by atoms with E-state index in [4.69, 9.17) is 11.6 Å². The van der Waals surface area contributed by atoms with Gasteiger partial charge < -0.3 is 4.90 Å². The number of anilines is 1. The van der Waals surface area contributed by atoms with Crippen molar-refractivity contribution in [3.05, 3.63) is 64.2 Å². The molecule has 29 heavy (non-hydrogen) atoms. The van der Waals surface area contributed by atoms with Crippen LogP contribution in [-0.4, -0.2) is 42.3 Å². The molecule has 4 rings (SSSR count). The maximum atomic E-state index is 12.7. The predicted octanol–water partition coefficient (Wildman–Crippen LogP) is 3.80. The highest BCUT2D eigenvalue weighted by molar-refractivity contribution is 8.16. The number of nitrogens with zero attached hydrogens (tertiary/aromatic N) is 2. The number of sulfone groups is 1. The molecule has 2 aliphatic heterocycles. The molecule has 2 saturated heterocycles. The van der Waals surface area contributed by atoms with Gasteiger partial charge in [0, 0.05) is 16.0 Å². The maximum absolute atomic E-state index is 12.7. The minimum Gasteiger partial charge on any atom is -0.315 e. The number of aliphatic imine (C=N–C) groups is 1. The van der Waals surface area contributed by atoms with Crippen molar-refractivity contribution >= 4 is 50.0 Å². The van der Waals surface area contributed by atoms with Crippen LogP contribution in [0.2, 0.25) is 5.02 Å². The third kappa shape index (κ3) is 4.37. The van der Waals surface area contributed by atoms with E-state index in [-0.39, 0.29) is 35.1 Å². The molecule has 2 aliphatic rings. The molecule has 0 bridgehead atoms. The van der Waals surface area contributed by atoms with Crippen molar-refractivity contribution in [2.45, 2.75) is 31.6 Å². The molecule has 0 spiro atoms. The van der Waals surface area contributed by atoms with E-state index >= 15 is 0 Å². The van der Waals surface area contributed by atoms with Gasteiger partial charge in [0.1, 0.15) is 0 Å². The van der Waals surface area contributed by atoms with Crippen LogP contribution in [0.5, 0.6) is 0 Å². The highest BCUT2D eigenvalue weighted by Crippen LogP contribution is 2.42. The number of aryl methyl sites for hydroxylation is 2. The fourth-order valence-electron chi connectivity index (χ4n) is 3.83. The smallest absolute Gasteiger partial charge is 0.252 e. The van der Waals surface area contributed by atoms with Crippen LogP contribution in [0.15, 0.2) is 47.5 Å². The van der Waals surface area contributed by atoms with Crippen LogP contribution in [0.1, 0.15) is 16.7 Å². The van der Waals surface area contributed by atoms with Gasteiger partial charge in [0.25, 0.3) is 5.91 Å². The van der Waals surface area contributed by atoms with Crippen LogP contribution < -0.4 is 4.90 Å². The number of carbonyl (C=O) groups is 1. The van der Waals surface area contributed by atoms with Gasteiger partial charge in [-0.05, 0) is 37.1 Å². The van der Waals surface area contributed by atoms with E-state index in [0.717, 1.165) is 22.4 Å². The topological polar surface area (TPSA) is 66.8 Å². The monoisotopic (exact) mass is 448 g/mol. The third-order valence-electron chi connectivity index (χ3n) is 5.16. The van der Waals surface area contributed by atoms with Gasteiger partial charge in [-0.3, -0.25) is 4.79 Å². The highest BCUT2D eigenvalue weighted by atomic mass is 35.5. The number of rotatable bonds is 3. The normalized spacial score (nSPS) is 24.1. The number of thioether (sulfide) groups is 1. The Labute approximate surface area is 180 Å². The molecule has 0 aromatic heterocycles. The van der Waals surface area contributed by atoms with E-state index in [9.17, 15) is 13.2 Å². The molecular formula is C21H21ClN2O3S2. The minimum atomic E-state index is -3.11. The Bertz CT molecular complexity index is 1110. The molecule has 2 aromatic rings. The molecule has 2 aromatic carbocycles. The van der Waals surface area contributed by atoms with Gasteiger partial charge in [0.05, 0.1) is 24.0 Å². The van der Waals surface area contributed by atoms with Crippen LogP contribution in [-0.2, 0) is 21.1 Å². The van der Waals surface area contributed by atoms with Gasteiger partial charge in [-0.1, -0.05) is 59.3 Å². The van der Waals surface area contributed by atoms with Crippen molar-refractivity contribution < 1.29 is 13.2 Å². The minimum absolute atomic E-state index is 0.0573. The Kier molecular flexibility index (Phi) is 5.48. The Hall–Kier alpha value is -1.83. The van der Waals surface area contributed by atoms with Crippen LogP contribution in [0, 0.1) is 13.8 Å². The van der Waals surface area contributed by atoms with Crippen LogP contribution in [0.3, 0.4) is 0 Å². The quantitative estimate of drug-likeness (QED) is 0.714. The molecule has 1 amide bonds. The highest BCUT2D eigenvalue weighted by Gasteiger charge is 2.49. The van der Waals surface area contributed by atoms with Gasteiger partial charge >= 0.3 is 0 Å². The van der Waals surface area contributed by atoms with E-state index < -0.39 is 9.84 Å². The Morgan fingerprint density at radius 1 is 1.21 bits per heavy atom. The third-order valence-corrected chi connectivity index (χ3v) is 8.60. The molecular weight excluding hydrogens is 428 g/mol. The van der Waals surface area contributed by atoms with E-state index in [2.05, 4.69) is 4.99 Å². The van der Waals surface area contributed by atoms with Gasteiger partial charge in [-0.15, -0.1) is 0 Å². The molecule has 2 atom stereocenters. The number of hydrogen-bond donors (Lipinski definition) is 0. The standard InChI is InChI=1S/C21H21ClN2O3S2/c1-13-4-3-5-15(8-13)9-20(25)23-21-24(17-10-16(22)7-6-14(17)2)18-11-29(26,27)12-19(18)28-21/h3-8,10,18-19H,9,11-12H2,1-2H3.